The number of allylic oxidation sites excluding steroid dienone is 1. The number of rotatable bonds is 8. The summed E-state index contributed by atoms with van der Waals surface area (Å²) in [6.45, 7) is 1.43. The Morgan fingerprint density at radius 1 is 1.12 bits per heavy atom. The SMILES string of the molecule is COCCNC(=O)c1cccc(C(=O)NCCC2=CCCCC2)n1. The molecule has 0 saturated carbocycles. The molecule has 24 heavy (non-hydrogen) atoms. The molecule has 0 fully saturated rings. The molecule has 0 atom stereocenters. The average molecular weight is 331 g/mol. The van der Waals surface area contributed by atoms with Gasteiger partial charge >= 0.3 is 0 Å². The van der Waals surface area contributed by atoms with Crippen LogP contribution in [0.1, 0.15) is 53.1 Å². The first-order valence-corrected chi connectivity index (χ1v) is 8.41. The molecule has 0 aliphatic heterocycles. The molecule has 0 aromatic carbocycles. The van der Waals surface area contributed by atoms with Crippen molar-refractivity contribution in [3.8, 4) is 0 Å². The van der Waals surface area contributed by atoms with Gasteiger partial charge in [-0.15, -0.1) is 0 Å². The van der Waals surface area contributed by atoms with E-state index in [4.69, 9.17) is 4.74 Å². The summed E-state index contributed by atoms with van der Waals surface area (Å²) >= 11 is 0. The fourth-order valence-corrected chi connectivity index (χ4v) is 2.60. The zero-order valence-corrected chi connectivity index (χ0v) is 14.1. The van der Waals surface area contributed by atoms with Gasteiger partial charge in [0.2, 0.25) is 0 Å². The second kappa shape index (κ2) is 9.82. The van der Waals surface area contributed by atoms with Crippen LogP contribution < -0.4 is 10.6 Å². The third-order valence-electron chi connectivity index (χ3n) is 3.92. The fraction of sp³-hybridized carbons (Fsp3) is 0.500. The molecule has 2 N–H and O–H groups in total. The van der Waals surface area contributed by atoms with Gasteiger partial charge in [-0.3, -0.25) is 9.59 Å². The van der Waals surface area contributed by atoms with Gasteiger partial charge in [-0.05, 0) is 44.2 Å². The van der Waals surface area contributed by atoms with Gasteiger partial charge < -0.3 is 15.4 Å². The number of nitrogens with zero attached hydrogens (tertiary/aromatic N) is 1. The first-order valence-electron chi connectivity index (χ1n) is 8.41. The highest BCUT2D eigenvalue weighted by Crippen LogP contribution is 2.19. The van der Waals surface area contributed by atoms with Crippen molar-refractivity contribution in [1.82, 2.24) is 15.6 Å². The van der Waals surface area contributed by atoms with Crippen molar-refractivity contribution in [3.05, 3.63) is 41.2 Å². The molecule has 0 unspecified atom stereocenters. The van der Waals surface area contributed by atoms with Gasteiger partial charge in [-0.25, -0.2) is 4.98 Å². The number of carbonyl (C=O) groups is 2. The van der Waals surface area contributed by atoms with E-state index >= 15 is 0 Å². The highest BCUT2D eigenvalue weighted by Gasteiger charge is 2.12. The predicted octanol–water partition coefficient (Wildman–Crippen LogP) is 2.08. The molecule has 1 aromatic heterocycles. The normalized spacial score (nSPS) is 14.0. The summed E-state index contributed by atoms with van der Waals surface area (Å²) < 4.78 is 4.88. The lowest BCUT2D eigenvalue weighted by Crippen LogP contribution is -2.29. The topological polar surface area (TPSA) is 80.3 Å². The fourth-order valence-electron chi connectivity index (χ4n) is 2.60. The van der Waals surface area contributed by atoms with Crippen LogP contribution in [0.4, 0.5) is 0 Å². The maximum absolute atomic E-state index is 12.2. The first-order chi connectivity index (χ1) is 11.7. The summed E-state index contributed by atoms with van der Waals surface area (Å²) in [4.78, 5) is 28.3. The molecule has 0 radical (unpaired) electrons. The van der Waals surface area contributed by atoms with E-state index in [0.717, 1.165) is 19.3 Å². The number of ether oxygens (including phenoxy) is 1. The van der Waals surface area contributed by atoms with E-state index in [0.29, 0.717) is 19.7 Å². The maximum atomic E-state index is 12.2. The molecule has 1 aliphatic rings. The van der Waals surface area contributed by atoms with Crippen molar-refractivity contribution in [2.24, 2.45) is 0 Å². The molecule has 2 amide bonds. The van der Waals surface area contributed by atoms with Crippen LogP contribution in [0, 0.1) is 0 Å². The minimum Gasteiger partial charge on any atom is -0.383 e. The Morgan fingerprint density at radius 3 is 2.46 bits per heavy atom. The largest absolute Gasteiger partial charge is 0.383 e. The lowest BCUT2D eigenvalue weighted by molar-refractivity contribution is 0.0931. The summed E-state index contributed by atoms with van der Waals surface area (Å²) in [5.41, 5.74) is 1.90. The third kappa shape index (κ3) is 5.77. The number of carbonyl (C=O) groups excluding carboxylic acids is 2. The number of amides is 2. The molecular weight excluding hydrogens is 306 g/mol. The van der Waals surface area contributed by atoms with Crippen LogP contribution in [0.15, 0.2) is 29.8 Å². The first kappa shape index (κ1) is 18.1. The Labute approximate surface area is 142 Å². The lowest BCUT2D eigenvalue weighted by atomic mass is 9.97. The Kier molecular flexibility index (Phi) is 7.42. The number of hydrogen-bond donors (Lipinski definition) is 2. The summed E-state index contributed by atoms with van der Waals surface area (Å²) in [5, 5.41) is 5.56. The molecule has 1 aliphatic carbocycles. The number of pyridine rings is 1. The molecule has 1 aromatic rings. The van der Waals surface area contributed by atoms with E-state index in [1.165, 1.54) is 18.4 Å². The lowest BCUT2D eigenvalue weighted by Gasteiger charge is -2.13. The van der Waals surface area contributed by atoms with E-state index in [1.807, 2.05) is 0 Å². The zero-order chi connectivity index (χ0) is 17.2. The maximum Gasteiger partial charge on any atom is 0.269 e. The molecule has 130 valence electrons. The summed E-state index contributed by atoms with van der Waals surface area (Å²) in [5.74, 6) is -0.563. The van der Waals surface area contributed by atoms with E-state index in [1.54, 1.807) is 25.3 Å². The Bertz CT molecular complexity index is 599. The van der Waals surface area contributed by atoms with Crippen LogP contribution in [0.5, 0.6) is 0 Å². The zero-order valence-electron chi connectivity index (χ0n) is 14.1. The number of hydrogen-bond acceptors (Lipinski definition) is 4. The van der Waals surface area contributed by atoms with Crippen LogP contribution in [0.25, 0.3) is 0 Å². The summed E-state index contributed by atoms with van der Waals surface area (Å²) in [6, 6.07) is 4.86. The van der Waals surface area contributed by atoms with Crippen LogP contribution in [-0.4, -0.2) is 43.6 Å². The molecule has 6 heteroatoms. The average Bonchev–Trinajstić information content (AvgIpc) is 2.63. The predicted molar refractivity (Wildman–Crippen MR) is 91.9 cm³/mol. The van der Waals surface area contributed by atoms with Crippen molar-refractivity contribution in [2.75, 3.05) is 26.8 Å². The monoisotopic (exact) mass is 331 g/mol. The Morgan fingerprint density at radius 2 is 1.83 bits per heavy atom. The Hall–Kier alpha value is -2.21. The quantitative estimate of drug-likeness (QED) is 0.564. The van der Waals surface area contributed by atoms with Gasteiger partial charge in [0.05, 0.1) is 6.61 Å². The van der Waals surface area contributed by atoms with Gasteiger partial charge in [-0.2, -0.15) is 0 Å². The number of nitrogens with one attached hydrogen (secondary N) is 2. The van der Waals surface area contributed by atoms with Crippen molar-refractivity contribution in [1.29, 1.82) is 0 Å². The van der Waals surface area contributed by atoms with Crippen LogP contribution >= 0.6 is 0 Å². The number of aromatic nitrogens is 1. The second-order valence-electron chi connectivity index (χ2n) is 5.77. The van der Waals surface area contributed by atoms with E-state index in [9.17, 15) is 9.59 Å². The van der Waals surface area contributed by atoms with Crippen molar-refractivity contribution in [2.45, 2.75) is 32.1 Å². The minimum atomic E-state index is -0.311. The van der Waals surface area contributed by atoms with E-state index < -0.39 is 0 Å². The molecule has 0 spiro atoms. The van der Waals surface area contributed by atoms with Crippen LogP contribution in [-0.2, 0) is 4.74 Å². The van der Waals surface area contributed by atoms with Gasteiger partial charge in [0, 0.05) is 20.2 Å². The highest BCUT2D eigenvalue weighted by atomic mass is 16.5. The standard InChI is InChI=1S/C18H25N3O3/c1-24-13-12-20-18(23)16-9-5-8-15(21-16)17(22)19-11-10-14-6-3-2-4-7-14/h5-6,8-9H,2-4,7,10-13H2,1H3,(H,19,22)(H,20,23). The smallest absolute Gasteiger partial charge is 0.269 e. The van der Waals surface area contributed by atoms with Gasteiger partial charge in [0.25, 0.3) is 11.8 Å². The summed E-state index contributed by atoms with van der Waals surface area (Å²) in [7, 11) is 1.57. The van der Waals surface area contributed by atoms with Gasteiger partial charge in [0.15, 0.2) is 0 Å². The van der Waals surface area contributed by atoms with E-state index in [-0.39, 0.29) is 23.2 Å². The molecule has 0 bridgehead atoms. The van der Waals surface area contributed by atoms with Crippen molar-refractivity contribution in [3.63, 3.8) is 0 Å². The van der Waals surface area contributed by atoms with Crippen LogP contribution in [0.2, 0.25) is 0 Å². The Balaban J connectivity index is 1.84. The molecule has 1 heterocycles. The molecular formula is C18H25N3O3. The molecule has 6 nitrogen and oxygen atoms in total. The second-order valence-corrected chi connectivity index (χ2v) is 5.77. The number of methoxy groups -OCH3 is 1. The molecule has 2 rings (SSSR count). The van der Waals surface area contributed by atoms with Gasteiger partial charge in [0.1, 0.15) is 11.4 Å². The van der Waals surface area contributed by atoms with Crippen molar-refractivity contribution >= 4 is 11.8 Å². The third-order valence-corrected chi connectivity index (χ3v) is 3.92. The van der Waals surface area contributed by atoms with Crippen molar-refractivity contribution < 1.29 is 14.3 Å². The van der Waals surface area contributed by atoms with Crippen LogP contribution in [0.3, 0.4) is 0 Å². The van der Waals surface area contributed by atoms with E-state index in [2.05, 4.69) is 21.7 Å². The van der Waals surface area contributed by atoms with Gasteiger partial charge in [-0.1, -0.05) is 17.7 Å². The summed E-state index contributed by atoms with van der Waals surface area (Å²) in [6.07, 6.45) is 7.93. The minimum absolute atomic E-state index is 0.230. The molecule has 0 saturated heterocycles. The highest BCUT2D eigenvalue weighted by molar-refractivity contribution is 5.96.